The quantitative estimate of drug-likeness (QED) is 0.225. The Morgan fingerprint density at radius 2 is 0.703 bits per heavy atom. The number of rotatable bonds is 3. The molecule has 0 unspecified atom stereocenters. The molecule has 0 saturated carbocycles. The average Bonchev–Trinajstić information content (AvgIpc) is 2.97. The molecular weight excluding hydrogens is 444 g/mol. The molecule has 0 saturated heterocycles. The molecule has 7 aromatic carbocycles. The molecule has 0 fully saturated rings. The van der Waals surface area contributed by atoms with Crippen LogP contribution in [0.2, 0.25) is 0 Å². The highest BCUT2D eigenvalue weighted by Crippen LogP contribution is 2.38. The molecule has 0 radical (unpaired) electrons. The van der Waals surface area contributed by atoms with Gasteiger partial charge in [-0.2, -0.15) is 0 Å². The average molecular weight is 471 g/mol. The van der Waals surface area contributed by atoms with Gasteiger partial charge in [0.2, 0.25) is 0 Å². The van der Waals surface area contributed by atoms with Gasteiger partial charge in [0.05, 0.1) is 0 Å². The maximum atomic E-state index is 2.37. The molecule has 7 rings (SSSR count). The zero-order chi connectivity index (χ0) is 24.8. The third-order valence-corrected chi connectivity index (χ3v) is 7.46. The molecule has 0 atom stereocenters. The first-order chi connectivity index (χ1) is 18.2. The molecule has 0 heterocycles. The maximum Gasteiger partial charge on any atom is -0.00928 e. The van der Waals surface area contributed by atoms with E-state index in [0.29, 0.717) is 0 Å². The lowest BCUT2D eigenvalue weighted by Gasteiger charge is -2.13. The van der Waals surface area contributed by atoms with Crippen LogP contribution < -0.4 is 0 Å². The van der Waals surface area contributed by atoms with E-state index in [1.165, 1.54) is 71.3 Å². The molecule has 7 aromatic rings. The molecule has 0 aliphatic carbocycles. The fraction of sp³-hybridized carbons (Fsp3) is 0.0270. The van der Waals surface area contributed by atoms with Gasteiger partial charge in [-0.1, -0.05) is 121 Å². The van der Waals surface area contributed by atoms with E-state index >= 15 is 0 Å². The first-order valence-electron chi connectivity index (χ1n) is 12.9. The summed E-state index contributed by atoms with van der Waals surface area (Å²) < 4.78 is 0. The standard InChI is InChI=1S/C37H26/c1-25-20-30(26-10-3-2-4-11-26)23-31(21-25)28-13-9-12-27(22-28)29-18-19-36-34-16-6-5-14-32(34)33-15-7-8-17-35(33)37(36)24-29/h2-24H,1H3. The molecule has 174 valence electrons. The van der Waals surface area contributed by atoms with Crippen LogP contribution in [0, 0.1) is 6.92 Å². The van der Waals surface area contributed by atoms with Crippen molar-refractivity contribution in [1.29, 1.82) is 0 Å². The van der Waals surface area contributed by atoms with Gasteiger partial charge >= 0.3 is 0 Å². The Morgan fingerprint density at radius 1 is 0.270 bits per heavy atom. The van der Waals surface area contributed by atoms with Crippen molar-refractivity contribution in [3.8, 4) is 33.4 Å². The smallest absolute Gasteiger partial charge is 0.00928 e. The minimum absolute atomic E-state index is 1.24. The summed E-state index contributed by atoms with van der Waals surface area (Å²) in [5, 5.41) is 7.85. The molecule has 0 amide bonds. The molecule has 0 aliphatic rings. The van der Waals surface area contributed by atoms with Crippen molar-refractivity contribution >= 4 is 32.3 Å². The van der Waals surface area contributed by atoms with E-state index in [1.807, 2.05) is 0 Å². The van der Waals surface area contributed by atoms with E-state index in [4.69, 9.17) is 0 Å². The Bertz CT molecular complexity index is 1890. The molecule has 0 spiro atoms. The van der Waals surface area contributed by atoms with Gasteiger partial charge in [-0.3, -0.25) is 0 Å². The Kier molecular flexibility index (Phi) is 5.11. The first kappa shape index (κ1) is 21.6. The van der Waals surface area contributed by atoms with Crippen molar-refractivity contribution in [2.45, 2.75) is 6.92 Å². The normalized spacial score (nSPS) is 11.4. The summed E-state index contributed by atoms with van der Waals surface area (Å²) in [7, 11) is 0. The zero-order valence-electron chi connectivity index (χ0n) is 20.8. The van der Waals surface area contributed by atoms with E-state index in [1.54, 1.807) is 0 Å². The molecule has 37 heavy (non-hydrogen) atoms. The molecule has 0 heteroatoms. The summed E-state index contributed by atoms with van der Waals surface area (Å²) in [6, 6.07) is 50.9. The second-order valence-corrected chi connectivity index (χ2v) is 9.89. The minimum Gasteiger partial charge on any atom is -0.0622 e. The molecule has 0 nitrogen and oxygen atoms in total. The summed E-state index contributed by atoms with van der Waals surface area (Å²) in [6.45, 7) is 2.18. The molecule has 0 aliphatic heterocycles. The number of benzene rings is 7. The maximum absolute atomic E-state index is 2.37. The predicted molar refractivity (Wildman–Crippen MR) is 160 cm³/mol. The predicted octanol–water partition coefficient (Wildman–Crippen LogP) is 10.5. The van der Waals surface area contributed by atoms with Crippen LogP contribution in [0.4, 0.5) is 0 Å². The van der Waals surface area contributed by atoms with Crippen LogP contribution in [0.1, 0.15) is 5.56 Å². The summed E-state index contributed by atoms with van der Waals surface area (Å²) in [5.41, 5.74) is 8.73. The molecule has 0 N–H and O–H groups in total. The van der Waals surface area contributed by atoms with E-state index < -0.39 is 0 Å². The Balaban J connectivity index is 1.39. The highest BCUT2D eigenvalue weighted by atomic mass is 14.1. The Labute approximate surface area is 217 Å². The fourth-order valence-electron chi connectivity index (χ4n) is 5.71. The molecule has 0 bridgehead atoms. The second-order valence-electron chi connectivity index (χ2n) is 9.89. The molecular formula is C37H26. The van der Waals surface area contributed by atoms with Crippen molar-refractivity contribution in [2.24, 2.45) is 0 Å². The summed E-state index contributed by atoms with van der Waals surface area (Å²) >= 11 is 0. The van der Waals surface area contributed by atoms with Gasteiger partial charge in [-0.25, -0.2) is 0 Å². The van der Waals surface area contributed by atoms with Gasteiger partial charge in [-0.05, 0) is 96.4 Å². The number of hydrogen-bond donors (Lipinski definition) is 0. The lowest BCUT2D eigenvalue weighted by Crippen LogP contribution is -1.87. The summed E-state index contributed by atoms with van der Waals surface area (Å²) in [5.74, 6) is 0. The Morgan fingerprint density at radius 3 is 1.35 bits per heavy atom. The van der Waals surface area contributed by atoms with E-state index in [0.717, 1.165) is 0 Å². The largest absolute Gasteiger partial charge is 0.0622 e. The van der Waals surface area contributed by atoms with Gasteiger partial charge in [0.15, 0.2) is 0 Å². The van der Waals surface area contributed by atoms with Crippen LogP contribution in [0.25, 0.3) is 65.7 Å². The van der Waals surface area contributed by atoms with Crippen LogP contribution in [-0.2, 0) is 0 Å². The van der Waals surface area contributed by atoms with E-state index in [9.17, 15) is 0 Å². The van der Waals surface area contributed by atoms with Crippen LogP contribution in [0.3, 0.4) is 0 Å². The number of fused-ring (bicyclic) bond motifs is 6. The van der Waals surface area contributed by atoms with Gasteiger partial charge < -0.3 is 0 Å². The van der Waals surface area contributed by atoms with Crippen LogP contribution in [0.5, 0.6) is 0 Å². The topological polar surface area (TPSA) is 0 Å². The molecule has 0 aromatic heterocycles. The van der Waals surface area contributed by atoms with E-state index in [2.05, 4.69) is 146 Å². The lowest BCUT2D eigenvalue weighted by molar-refractivity contribution is 1.46. The first-order valence-corrected chi connectivity index (χ1v) is 12.9. The van der Waals surface area contributed by atoms with Gasteiger partial charge in [0, 0.05) is 0 Å². The number of aryl methyl sites for hydroxylation is 1. The van der Waals surface area contributed by atoms with Gasteiger partial charge in [0.1, 0.15) is 0 Å². The highest BCUT2D eigenvalue weighted by molar-refractivity contribution is 6.25. The summed E-state index contributed by atoms with van der Waals surface area (Å²) in [6.07, 6.45) is 0. The van der Waals surface area contributed by atoms with Crippen molar-refractivity contribution in [3.63, 3.8) is 0 Å². The zero-order valence-corrected chi connectivity index (χ0v) is 20.8. The van der Waals surface area contributed by atoms with E-state index in [-0.39, 0.29) is 0 Å². The highest BCUT2D eigenvalue weighted by Gasteiger charge is 2.10. The monoisotopic (exact) mass is 470 g/mol. The van der Waals surface area contributed by atoms with Crippen LogP contribution in [0.15, 0.2) is 140 Å². The van der Waals surface area contributed by atoms with Crippen LogP contribution >= 0.6 is 0 Å². The van der Waals surface area contributed by atoms with Crippen LogP contribution in [-0.4, -0.2) is 0 Å². The van der Waals surface area contributed by atoms with Crippen molar-refractivity contribution in [3.05, 3.63) is 145 Å². The van der Waals surface area contributed by atoms with Crippen molar-refractivity contribution in [2.75, 3.05) is 0 Å². The van der Waals surface area contributed by atoms with Gasteiger partial charge in [-0.15, -0.1) is 0 Å². The minimum atomic E-state index is 1.24. The lowest BCUT2D eigenvalue weighted by atomic mass is 9.91. The second kappa shape index (κ2) is 8.76. The third kappa shape index (κ3) is 3.79. The number of hydrogen-bond acceptors (Lipinski definition) is 0. The SMILES string of the molecule is Cc1cc(-c2ccccc2)cc(-c2cccc(-c3ccc4c5ccccc5c5ccccc5c4c3)c2)c1. The fourth-order valence-corrected chi connectivity index (χ4v) is 5.71. The third-order valence-electron chi connectivity index (χ3n) is 7.46. The van der Waals surface area contributed by atoms with Crippen molar-refractivity contribution < 1.29 is 0 Å². The summed E-state index contributed by atoms with van der Waals surface area (Å²) in [4.78, 5) is 0. The Hall–Kier alpha value is -4.68. The van der Waals surface area contributed by atoms with Gasteiger partial charge in [0.25, 0.3) is 0 Å². The van der Waals surface area contributed by atoms with Crippen molar-refractivity contribution in [1.82, 2.24) is 0 Å².